The molecule has 34 heavy (non-hydrogen) atoms. The molecule has 8 heteroatoms. The minimum absolute atomic E-state index is 0.0271. The standard InChI is InChI=1S/C26H23N3O4S/c1-4-17-5-9-21(10-6-17)29-24(31)22(23(30)27-26(29)34)14-19-13-15(2)28(16(19)3)20-11-7-18(8-12-20)25(32)33/h5-14H,4H2,1-3H3,(H,32,33)(H,27,30,34)/p-1/b22-14+. The van der Waals surface area contributed by atoms with E-state index in [1.165, 1.54) is 17.0 Å². The zero-order valence-corrected chi connectivity index (χ0v) is 19.7. The molecule has 7 nitrogen and oxygen atoms in total. The van der Waals surface area contributed by atoms with Crippen molar-refractivity contribution in [1.29, 1.82) is 0 Å². The van der Waals surface area contributed by atoms with E-state index in [2.05, 4.69) is 5.32 Å². The number of amides is 2. The Kier molecular flexibility index (Phi) is 6.17. The van der Waals surface area contributed by atoms with E-state index < -0.39 is 17.8 Å². The van der Waals surface area contributed by atoms with Gasteiger partial charge in [0.15, 0.2) is 5.11 Å². The molecule has 2 amide bonds. The van der Waals surface area contributed by atoms with Gasteiger partial charge < -0.3 is 14.5 Å². The fourth-order valence-corrected chi connectivity index (χ4v) is 4.29. The van der Waals surface area contributed by atoms with Crippen LogP contribution >= 0.6 is 12.2 Å². The number of carbonyl (C=O) groups is 3. The van der Waals surface area contributed by atoms with Crippen LogP contribution in [0.1, 0.15) is 39.8 Å². The van der Waals surface area contributed by atoms with Crippen molar-refractivity contribution < 1.29 is 19.5 Å². The molecule has 2 heterocycles. The predicted octanol–water partition coefficient (Wildman–Crippen LogP) is 2.85. The Morgan fingerprint density at radius 3 is 2.24 bits per heavy atom. The van der Waals surface area contributed by atoms with Crippen LogP contribution in [0.25, 0.3) is 11.8 Å². The Bertz CT molecular complexity index is 1350. The Balaban J connectivity index is 1.72. The van der Waals surface area contributed by atoms with Crippen molar-refractivity contribution in [3.05, 3.63) is 88.2 Å². The number of anilines is 1. The lowest BCUT2D eigenvalue weighted by Gasteiger charge is -2.29. The molecule has 1 aliphatic rings. The smallest absolute Gasteiger partial charge is 0.270 e. The summed E-state index contributed by atoms with van der Waals surface area (Å²) in [6.07, 6.45) is 2.42. The van der Waals surface area contributed by atoms with Gasteiger partial charge in [-0.25, -0.2) is 0 Å². The second-order valence-electron chi connectivity index (χ2n) is 7.97. The van der Waals surface area contributed by atoms with Crippen molar-refractivity contribution in [3.63, 3.8) is 0 Å². The molecule has 0 saturated carbocycles. The van der Waals surface area contributed by atoms with E-state index in [1.807, 2.05) is 43.5 Å². The Morgan fingerprint density at radius 2 is 1.65 bits per heavy atom. The normalized spacial score (nSPS) is 15.1. The maximum Gasteiger partial charge on any atom is 0.270 e. The summed E-state index contributed by atoms with van der Waals surface area (Å²) in [5.74, 6) is -2.30. The molecule has 0 radical (unpaired) electrons. The first kappa shape index (κ1) is 23.1. The van der Waals surface area contributed by atoms with Gasteiger partial charge in [-0.2, -0.15) is 0 Å². The van der Waals surface area contributed by atoms with E-state index >= 15 is 0 Å². The molecule has 0 spiro atoms. The number of carboxylic acid groups (broad SMARTS) is 1. The molecule has 3 aromatic rings. The fourth-order valence-electron chi connectivity index (χ4n) is 4.01. The van der Waals surface area contributed by atoms with Crippen LogP contribution in [0.5, 0.6) is 0 Å². The predicted molar refractivity (Wildman–Crippen MR) is 132 cm³/mol. The largest absolute Gasteiger partial charge is 0.545 e. The molecule has 0 atom stereocenters. The minimum atomic E-state index is -1.24. The number of nitrogens with one attached hydrogen (secondary N) is 1. The van der Waals surface area contributed by atoms with Gasteiger partial charge in [0, 0.05) is 17.1 Å². The first-order valence-corrected chi connectivity index (χ1v) is 11.1. The molecular formula is C26H22N3O4S-. The highest BCUT2D eigenvalue weighted by atomic mass is 32.1. The second kappa shape index (κ2) is 9.07. The summed E-state index contributed by atoms with van der Waals surface area (Å²) in [5, 5.41) is 13.7. The van der Waals surface area contributed by atoms with Gasteiger partial charge in [-0.1, -0.05) is 31.2 Å². The summed E-state index contributed by atoms with van der Waals surface area (Å²) >= 11 is 5.28. The van der Waals surface area contributed by atoms with E-state index in [9.17, 15) is 19.5 Å². The average Bonchev–Trinajstić information content (AvgIpc) is 3.09. The van der Waals surface area contributed by atoms with Crippen molar-refractivity contribution in [2.24, 2.45) is 0 Å². The number of hydrogen-bond acceptors (Lipinski definition) is 5. The molecule has 1 saturated heterocycles. The molecule has 2 aromatic carbocycles. The third-order valence-corrected chi connectivity index (χ3v) is 6.12. The van der Waals surface area contributed by atoms with Crippen molar-refractivity contribution in [2.75, 3.05) is 4.90 Å². The van der Waals surface area contributed by atoms with Crippen molar-refractivity contribution in [2.45, 2.75) is 27.2 Å². The van der Waals surface area contributed by atoms with Gasteiger partial charge >= 0.3 is 0 Å². The van der Waals surface area contributed by atoms with E-state index in [0.29, 0.717) is 11.3 Å². The molecule has 172 valence electrons. The van der Waals surface area contributed by atoms with Crippen LogP contribution in [0.3, 0.4) is 0 Å². The Labute approximate surface area is 202 Å². The van der Waals surface area contributed by atoms with Gasteiger partial charge in [-0.15, -0.1) is 0 Å². The third-order valence-electron chi connectivity index (χ3n) is 5.84. The molecule has 1 fully saturated rings. The number of aromatic nitrogens is 1. The summed E-state index contributed by atoms with van der Waals surface area (Å²) in [7, 11) is 0. The first-order chi connectivity index (χ1) is 16.2. The maximum atomic E-state index is 13.3. The number of thiocarbonyl (C=S) groups is 1. The quantitative estimate of drug-likeness (QED) is 0.350. The highest BCUT2D eigenvalue weighted by molar-refractivity contribution is 7.80. The summed E-state index contributed by atoms with van der Waals surface area (Å²) < 4.78 is 1.92. The third kappa shape index (κ3) is 4.15. The minimum Gasteiger partial charge on any atom is -0.545 e. The average molecular weight is 473 g/mol. The number of rotatable bonds is 5. The lowest BCUT2D eigenvalue weighted by Crippen LogP contribution is -2.54. The van der Waals surface area contributed by atoms with E-state index in [-0.39, 0.29) is 16.2 Å². The molecule has 0 aliphatic carbocycles. The number of hydrogen-bond donors (Lipinski definition) is 1. The van der Waals surface area contributed by atoms with Crippen LogP contribution in [0.15, 0.2) is 60.2 Å². The fraction of sp³-hybridized carbons (Fsp3) is 0.154. The van der Waals surface area contributed by atoms with Crippen molar-refractivity contribution in [3.8, 4) is 5.69 Å². The summed E-state index contributed by atoms with van der Waals surface area (Å²) in [4.78, 5) is 38.4. The molecule has 0 unspecified atom stereocenters. The van der Waals surface area contributed by atoms with E-state index in [4.69, 9.17) is 12.2 Å². The number of benzene rings is 2. The highest BCUT2D eigenvalue weighted by Crippen LogP contribution is 2.26. The van der Waals surface area contributed by atoms with Gasteiger partial charge in [0.05, 0.1) is 11.7 Å². The van der Waals surface area contributed by atoms with E-state index in [0.717, 1.165) is 29.1 Å². The van der Waals surface area contributed by atoms with Crippen LogP contribution in [0.2, 0.25) is 0 Å². The maximum absolute atomic E-state index is 13.3. The second-order valence-corrected chi connectivity index (χ2v) is 8.36. The van der Waals surface area contributed by atoms with Gasteiger partial charge in [0.1, 0.15) is 5.57 Å². The van der Waals surface area contributed by atoms with Crippen LogP contribution in [0, 0.1) is 13.8 Å². The van der Waals surface area contributed by atoms with Crippen LogP contribution < -0.4 is 15.3 Å². The van der Waals surface area contributed by atoms with Crippen LogP contribution in [0.4, 0.5) is 5.69 Å². The lowest BCUT2D eigenvalue weighted by atomic mass is 10.1. The number of aromatic carboxylic acids is 1. The van der Waals surface area contributed by atoms with Gasteiger partial charge in [-0.3, -0.25) is 19.8 Å². The molecular weight excluding hydrogens is 450 g/mol. The monoisotopic (exact) mass is 472 g/mol. The highest BCUT2D eigenvalue weighted by Gasteiger charge is 2.34. The van der Waals surface area contributed by atoms with Crippen LogP contribution in [-0.4, -0.2) is 27.5 Å². The summed E-state index contributed by atoms with van der Waals surface area (Å²) in [5.41, 5.74) is 4.85. The number of carboxylic acids is 1. The molecule has 1 N–H and O–H groups in total. The first-order valence-electron chi connectivity index (χ1n) is 10.7. The zero-order valence-electron chi connectivity index (χ0n) is 18.9. The molecule has 4 rings (SSSR count). The van der Waals surface area contributed by atoms with Gasteiger partial charge in [0.2, 0.25) is 0 Å². The SMILES string of the molecule is CCc1ccc(N2C(=O)/C(=C/c3cc(C)n(-c4ccc(C(=O)[O-])cc4)c3C)C(=O)NC2=S)cc1. The number of nitrogens with zero attached hydrogens (tertiary/aromatic N) is 2. The molecule has 0 bridgehead atoms. The zero-order chi connectivity index (χ0) is 24.6. The van der Waals surface area contributed by atoms with Crippen molar-refractivity contribution >= 4 is 46.9 Å². The number of carbonyl (C=O) groups excluding carboxylic acids is 3. The van der Waals surface area contributed by atoms with E-state index in [1.54, 1.807) is 30.3 Å². The Morgan fingerprint density at radius 1 is 1.03 bits per heavy atom. The number of aryl methyl sites for hydroxylation is 2. The van der Waals surface area contributed by atoms with Crippen molar-refractivity contribution in [1.82, 2.24) is 9.88 Å². The summed E-state index contributed by atoms with van der Waals surface area (Å²) in [6.45, 7) is 5.80. The molecule has 1 aliphatic heterocycles. The van der Waals surface area contributed by atoms with Gasteiger partial charge in [-0.05, 0) is 85.6 Å². The Hall–Kier alpha value is -4.04. The van der Waals surface area contributed by atoms with Gasteiger partial charge in [0.25, 0.3) is 11.8 Å². The summed E-state index contributed by atoms with van der Waals surface area (Å²) in [6, 6.07) is 15.6. The molecule has 1 aromatic heterocycles. The van der Waals surface area contributed by atoms with Crippen LogP contribution in [-0.2, 0) is 16.0 Å². The topological polar surface area (TPSA) is 94.5 Å². The lowest BCUT2D eigenvalue weighted by molar-refractivity contribution is -0.255.